The van der Waals surface area contributed by atoms with Gasteiger partial charge in [0, 0.05) is 29.0 Å². The highest BCUT2D eigenvalue weighted by atomic mass is 79.9. The molecule has 2 aliphatic rings. The van der Waals surface area contributed by atoms with E-state index >= 15 is 0 Å². The Morgan fingerprint density at radius 2 is 1.71 bits per heavy atom. The number of ether oxygens (including phenoxy) is 1. The summed E-state index contributed by atoms with van der Waals surface area (Å²) in [6, 6.07) is 28.0. The van der Waals surface area contributed by atoms with Crippen molar-refractivity contribution < 1.29 is 9.53 Å². The summed E-state index contributed by atoms with van der Waals surface area (Å²) >= 11 is 3.56. The van der Waals surface area contributed by atoms with E-state index in [0.29, 0.717) is 6.61 Å². The summed E-state index contributed by atoms with van der Waals surface area (Å²) in [5.41, 5.74) is 5.17. The summed E-state index contributed by atoms with van der Waals surface area (Å²) in [5.74, 6) is -0.208. The molecule has 0 spiro atoms. The van der Waals surface area contributed by atoms with Crippen LogP contribution < -0.4 is 0 Å². The fraction of sp³-hybridized carbons (Fsp3) is 0.296. The Kier molecular flexibility index (Phi) is 5.68. The summed E-state index contributed by atoms with van der Waals surface area (Å²) < 4.78 is 6.68. The van der Waals surface area contributed by atoms with Gasteiger partial charge < -0.3 is 4.74 Å². The third kappa shape index (κ3) is 3.72. The maximum Gasteiger partial charge on any atom is 0.311 e. The Morgan fingerprint density at radius 1 is 1.00 bits per heavy atom. The molecule has 158 valence electrons. The van der Waals surface area contributed by atoms with Crippen LogP contribution in [0.5, 0.6) is 0 Å². The van der Waals surface area contributed by atoms with E-state index < -0.39 is 0 Å². The van der Waals surface area contributed by atoms with E-state index in [2.05, 4.69) is 99.7 Å². The van der Waals surface area contributed by atoms with Gasteiger partial charge in [-0.1, -0.05) is 82.7 Å². The van der Waals surface area contributed by atoms with Crippen LogP contribution in [0.25, 0.3) is 0 Å². The first-order chi connectivity index (χ1) is 15.2. The molecule has 3 aromatic carbocycles. The fourth-order valence-corrected chi connectivity index (χ4v) is 5.80. The molecule has 0 N–H and O–H groups in total. The number of fused-ring (bicyclic) bond motifs is 4. The molecule has 3 aromatic rings. The van der Waals surface area contributed by atoms with Crippen molar-refractivity contribution in [3.05, 3.63) is 106 Å². The number of hydrogen-bond acceptors (Lipinski definition) is 3. The average Bonchev–Trinajstić information content (AvgIpc) is 3.00. The maximum atomic E-state index is 13.3. The molecule has 1 saturated heterocycles. The van der Waals surface area contributed by atoms with Gasteiger partial charge in [0.15, 0.2) is 0 Å². The highest BCUT2D eigenvalue weighted by Gasteiger charge is 2.56. The third-order valence-corrected chi connectivity index (χ3v) is 7.28. The Morgan fingerprint density at radius 3 is 2.45 bits per heavy atom. The van der Waals surface area contributed by atoms with Crippen LogP contribution in [0.3, 0.4) is 0 Å². The SMILES string of the molecule is CCOC(=O)C1C(c2ccc(Br)cc2)C2c3ccccc3CC1N2Cc1ccccc1. The van der Waals surface area contributed by atoms with Crippen molar-refractivity contribution in [2.75, 3.05) is 6.61 Å². The summed E-state index contributed by atoms with van der Waals surface area (Å²) in [5, 5.41) is 0. The Labute approximate surface area is 192 Å². The molecule has 1 fully saturated rings. The molecular weight excluding hydrogens is 450 g/mol. The van der Waals surface area contributed by atoms with Crippen molar-refractivity contribution in [2.24, 2.45) is 5.92 Å². The van der Waals surface area contributed by atoms with Gasteiger partial charge in [-0.2, -0.15) is 0 Å². The number of benzene rings is 3. The number of halogens is 1. The van der Waals surface area contributed by atoms with Crippen LogP contribution in [0.2, 0.25) is 0 Å². The molecule has 0 aliphatic carbocycles. The van der Waals surface area contributed by atoms with Crippen LogP contribution in [0.4, 0.5) is 0 Å². The van der Waals surface area contributed by atoms with Crippen molar-refractivity contribution in [1.82, 2.24) is 4.90 Å². The molecule has 4 atom stereocenters. The van der Waals surface area contributed by atoms with Gasteiger partial charge in [-0.05, 0) is 47.7 Å². The lowest BCUT2D eigenvalue weighted by Crippen LogP contribution is -2.41. The van der Waals surface area contributed by atoms with E-state index in [4.69, 9.17) is 4.74 Å². The number of rotatable bonds is 5. The first kappa shape index (κ1) is 20.5. The molecule has 5 rings (SSSR count). The van der Waals surface area contributed by atoms with E-state index in [-0.39, 0.29) is 29.9 Å². The van der Waals surface area contributed by atoms with Crippen LogP contribution in [-0.4, -0.2) is 23.5 Å². The molecule has 0 radical (unpaired) electrons. The molecule has 4 heteroatoms. The van der Waals surface area contributed by atoms with Crippen molar-refractivity contribution in [2.45, 2.75) is 37.9 Å². The highest BCUT2D eigenvalue weighted by Crippen LogP contribution is 2.56. The van der Waals surface area contributed by atoms with Crippen LogP contribution in [0.1, 0.15) is 41.1 Å². The van der Waals surface area contributed by atoms with Crippen LogP contribution in [0, 0.1) is 5.92 Å². The number of nitrogens with zero attached hydrogens (tertiary/aromatic N) is 1. The second-order valence-electron chi connectivity index (χ2n) is 8.43. The molecule has 2 aliphatic heterocycles. The van der Waals surface area contributed by atoms with Gasteiger partial charge in [0.05, 0.1) is 12.5 Å². The van der Waals surface area contributed by atoms with E-state index in [1.807, 2.05) is 6.92 Å². The van der Waals surface area contributed by atoms with Gasteiger partial charge in [0.2, 0.25) is 0 Å². The molecule has 3 nitrogen and oxygen atoms in total. The molecular formula is C27H26BrNO2. The summed E-state index contributed by atoms with van der Waals surface area (Å²) in [6.45, 7) is 3.13. The summed E-state index contributed by atoms with van der Waals surface area (Å²) in [7, 11) is 0. The maximum absolute atomic E-state index is 13.3. The predicted octanol–water partition coefficient (Wildman–Crippen LogP) is 5.89. The zero-order chi connectivity index (χ0) is 21.4. The molecule has 0 saturated carbocycles. The van der Waals surface area contributed by atoms with E-state index in [0.717, 1.165) is 17.4 Å². The second kappa shape index (κ2) is 8.60. The number of esters is 1. The Bertz CT molecular complexity index is 1070. The zero-order valence-corrected chi connectivity index (χ0v) is 19.2. The van der Waals surface area contributed by atoms with E-state index in [1.165, 1.54) is 22.3 Å². The minimum atomic E-state index is -0.192. The zero-order valence-electron chi connectivity index (χ0n) is 17.6. The topological polar surface area (TPSA) is 29.5 Å². The average molecular weight is 476 g/mol. The first-order valence-corrected chi connectivity index (χ1v) is 11.8. The van der Waals surface area contributed by atoms with Gasteiger partial charge in [-0.25, -0.2) is 0 Å². The molecule has 0 amide bonds. The summed E-state index contributed by atoms with van der Waals surface area (Å²) in [4.78, 5) is 15.9. The molecule has 2 bridgehead atoms. The van der Waals surface area contributed by atoms with Gasteiger partial charge in [-0.15, -0.1) is 0 Å². The van der Waals surface area contributed by atoms with Crippen LogP contribution >= 0.6 is 15.9 Å². The van der Waals surface area contributed by atoms with E-state index in [9.17, 15) is 4.79 Å². The Hall–Kier alpha value is -2.43. The van der Waals surface area contributed by atoms with Crippen molar-refractivity contribution in [3.63, 3.8) is 0 Å². The normalized spacial score (nSPS) is 24.6. The monoisotopic (exact) mass is 475 g/mol. The van der Waals surface area contributed by atoms with Gasteiger partial charge >= 0.3 is 5.97 Å². The standard InChI is InChI=1S/C27H26BrNO2/c1-2-31-27(30)25-23-16-20-10-6-7-11-22(20)26(24(25)19-12-14-21(28)15-13-19)29(23)17-18-8-4-3-5-9-18/h3-15,23-26H,2,16-17H2,1H3. The van der Waals surface area contributed by atoms with Crippen LogP contribution in [-0.2, 0) is 22.5 Å². The molecule has 0 aromatic heterocycles. The smallest absolute Gasteiger partial charge is 0.311 e. The quantitative estimate of drug-likeness (QED) is 0.430. The lowest BCUT2D eigenvalue weighted by molar-refractivity contribution is -0.149. The number of carbonyl (C=O) groups excluding carboxylic acids is 1. The molecule has 2 heterocycles. The number of carbonyl (C=O) groups is 1. The largest absolute Gasteiger partial charge is 0.466 e. The van der Waals surface area contributed by atoms with Gasteiger partial charge in [0.1, 0.15) is 0 Å². The van der Waals surface area contributed by atoms with Crippen molar-refractivity contribution in [3.8, 4) is 0 Å². The Balaban J connectivity index is 1.65. The van der Waals surface area contributed by atoms with E-state index in [1.54, 1.807) is 0 Å². The van der Waals surface area contributed by atoms with Gasteiger partial charge in [0.25, 0.3) is 0 Å². The summed E-state index contributed by atoms with van der Waals surface area (Å²) in [6.07, 6.45) is 0.871. The molecule has 31 heavy (non-hydrogen) atoms. The lowest BCUT2D eigenvalue weighted by Gasteiger charge is -2.37. The lowest BCUT2D eigenvalue weighted by atomic mass is 9.81. The van der Waals surface area contributed by atoms with Crippen molar-refractivity contribution >= 4 is 21.9 Å². The fourth-order valence-electron chi connectivity index (χ4n) is 5.53. The highest BCUT2D eigenvalue weighted by molar-refractivity contribution is 9.10. The third-order valence-electron chi connectivity index (χ3n) is 6.75. The predicted molar refractivity (Wildman–Crippen MR) is 126 cm³/mol. The first-order valence-electron chi connectivity index (χ1n) is 11.0. The van der Waals surface area contributed by atoms with Crippen molar-refractivity contribution in [1.29, 1.82) is 0 Å². The minimum absolute atomic E-state index is 0.0597. The molecule has 4 unspecified atom stereocenters. The number of hydrogen-bond donors (Lipinski definition) is 0. The van der Waals surface area contributed by atoms with Crippen LogP contribution in [0.15, 0.2) is 83.3 Å². The second-order valence-corrected chi connectivity index (χ2v) is 9.34. The minimum Gasteiger partial charge on any atom is -0.466 e. The van der Waals surface area contributed by atoms with Gasteiger partial charge in [-0.3, -0.25) is 9.69 Å².